The zero-order valence-electron chi connectivity index (χ0n) is 11.4. The van der Waals surface area contributed by atoms with Crippen molar-refractivity contribution in [3.05, 3.63) is 16.4 Å². The Morgan fingerprint density at radius 1 is 1.56 bits per heavy atom. The van der Waals surface area contributed by atoms with Gasteiger partial charge in [-0.3, -0.25) is 9.48 Å². The van der Waals surface area contributed by atoms with E-state index >= 15 is 0 Å². The molecule has 0 unspecified atom stereocenters. The van der Waals surface area contributed by atoms with Crippen LogP contribution in [-0.2, 0) is 23.1 Å². The number of nitrogens with zero attached hydrogens (tertiary/aromatic N) is 3. The number of ether oxygens (including phenoxy) is 1. The van der Waals surface area contributed by atoms with E-state index in [1.54, 1.807) is 4.68 Å². The molecule has 1 rings (SSSR count). The van der Waals surface area contributed by atoms with Crippen molar-refractivity contribution in [2.75, 3.05) is 20.7 Å². The lowest BCUT2D eigenvalue weighted by molar-refractivity contribution is -0.140. The van der Waals surface area contributed by atoms with E-state index < -0.39 is 0 Å². The summed E-state index contributed by atoms with van der Waals surface area (Å²) in [5.74, 6) is -0.168. The molecule has 0 radical (unpaired) electrons. The molecule has 102 valence electrons. The molecule has 18 heavy (non-hydrogen) atoms. The first-order valence-corrected chi connectivity index (χ1v) is 6.26. The molecule has 0 aliphatic rings. The van der Waals surface area contributed by atoms with Gasteiger partial charge in [0.2, 0.25) is 0 Å². The van der Waals surface area contributed by atoms with E-state index in [2.05, 4.69) is 14.7 Å². The third-order valence-electron chi connectivity index (χ3n) is 2.85. The van der Waals surface area contributed by atoms with E-state index in [4.69, 9.17) is 11.6 Å². The van der Waals surface area contributed by atoms with Gasteiger partial charge in [0.05, 0.1) is 12.8 Å². The first kappa shape index (κ1) is 15.0. The Hall–Kier alpha value is -1.07. The Labute approximate surface area is 113 Å². The van der Waals surface area contributed by atoms with Crippen LogP contribution in [0.5, 0.6) is 0 Å². The van der Waals surface area contributed by atoms with Crippen LogP contribution < -0.4 is 0 Å². The Balaban J connectivity index is 2.44. The normalized spacial score (nSPS) is 11.0. The standard InChI is InChI=1S/C12H20ClN3O2/c1-9-10(12(13)16(3)14-9)8-15(2)7-5-6-11(17)18-4/h5-8H2,1-4H3. The molecule has 1 aromatic heterocycles. The molecule has 6 heteroatoms. The molecule has 1 heterocycles. The zero-order valence-corrected chi connectivity index (χ0v) is 12.1. The molecular weight excluding hydrogens is 254 g/mol. The van der Waals surface area contributed by atoms with Gasteiger partial charge in [-0.05, 0) is 26.9 Å². The van der Waals surface area contributed by atoms with Gasteiger partial charge in [0, 0.05) is 25.6 Å². The largest absolute Gasteiger partial charge is 0.469 e. The molecule has 0 saturated carbocycles. The fourth-order valence-corrected chi connectivity index (χ4v) is 2.03. The SMILES string of the molecule is COC(=O)CCCN(C)Cc1c(C)nn(C)c1Cl. The van der Waals surface area contributed by atoms with E-state index in [-0.39, 0.29) is 5.97 Å². The van der Waals surface area contributed by atoms with Crippen LogP contribution in [0.2, 0.25) is 5.15 Å². The van der Waals surface area contributed by atoms with Gasteiger partial charge in [0.25, 0.3) is 0 Å². The maximum Gasteiger partial charge on any atom is 0.305 e. The van der Waals surface area contributed by atoms with Crippen LogP contribution in [0.4, 0.5) is 0 Å². The number of rotatable bonds is 6. The molecule has 0 spiro atoms. The lowest BCUT2D eigenvalue weighted by Crippen LogP contribution is -2.20. The molecule has 1 aromatic rings. The predicted octanol–water partition coefficient (Wildman–Crippen LogP) is 1.77. The van der Waals surface area contributed by atoms with Crippen LogP contribution in [0.1, 0.15) is 24.1 Å². The maximum atomic E-state index is 11.0. The zero-order chi connectivity index (χ0) is 13.7. The van der Waals surface area contributed by atoms with Crippen LogP contribution in [-0.4, -0.2) is 41.4 Å². The highest BCUT2D eigenvalue weighted by Gasteiger charge is 2.13. The number of carbonyl (C=O) groups is 1. The summed E-state index contributed by atoms with van der Waals surface area (Å²) in [6, 6.07) is 0. The number of carbonyl (C=O) groups excluding carboxylic acids is 1. The highest BCUT2D eigenvalue weighted by Crippen LogP contribution is 2.20. The second kappa shape index (κ2) is 6.75. The monoisotopic (exact) mass is 273 g/mol. The number of esters is 1. The first-order valence-electron chi connectivity index (χ1n) is 5.89. The number of halogens is 1. The fraction of sp³-hybridized carbons (Fsp3) is 0.667. The minimum absolute atomic E-state index is 0.168. The highest BCUT2D eigenvalue weighted by atomic mass is 35.5. The van der Waals surface area contributed by atoms with Crippen molar-refractivity contribution >= 4 is 17.6 Å². The van der Waals surface area contributed by atoms with Gasteiger partial charge in [-0.2, -0.15) is 5.10 Å². The maximum absolute atomic E-state index is 11.0. The van der Waals surface area contributed by atoms with Gasteiger partial charge in [0.1, 0.15) is 5.15 Å². The molecule has 0 N–H and O–H groups in total. The third kappa shape index (κ3) is 3.99. The Bertz CT molecular complexity index is 418. The number of hydrogen-bond donors (Lipinski definition) is 0. The average molecular weight is 274 g/mol. The summed E-state index contributed by atoms with van der Waals surface area (Å²) in [5, 5.41) is 4.94. The molecule has 0 saturated heterocycles. The molecule has 0 atom stereocenters. The molecule has 0 aliphatic carbocycles. The van der Waals surface area contributed by atoms with Gasteiger partial charge < -0.3 is 9.64 Å². The van der Waals surface area contributed by atoms with E-state index in [0.717, 1.165) is 30.8 Å². The molecule has 0 aromatic carbocycles. The molecule has 0 bridgehead atoms. The smallest absolute Gasteiger partial charge is 0.305 e. The van der Waals surface area contributed by atoms with Gasteiger partial charge in [0.15, 0.2) is 0 Å². The topological polar surface area (TPSA) is 47.4 Å². The van der Waals surface area contributed by atoms with Crippen LogP contribution >= 0.6 is 11.6 Å². The second-order valence-corrected chi connectivity index (χ2v) is 4.75. The molecule has 5 nitrogen and oxygen atoms in total. The van der Waals surface area contributed by atoms with Crippen molar-refractivity contribution in [2.24, 2.45) is 7.05 Å². The van der Waals surface area contributed by atoms with Crippen molar-refractivity contribution in [1.82, 2.24) is 14.7 Å². The summed E-state index contributed by atoms with van der Waals surface area (Å²) in [4.78, 5) is 13.1. The van der Waals surface area contributed by atoms with Crippen LogP contribution in [0, 0.1) is 6.92 Å². The Morgan fingerprint density at radius 2 is 2.22 bits per heavy atom. The van der Waals surface area contributed by atoms with Gasteiger partial charge >= 0.3 is 5.97 Å². The van der Waals surface area contributed by atoms with Crippen LogP contribution in [0.15, 0.2) is 0 Å². The Kier molecular flexibility index (Phi) is 5.62. The first-order chi connectivity index (χ1) is 8.45. The van der Waals surface area contributed by atoms with E-state index in [9.17, 15) is 4.79 Å². The van der Waals surface area contributed by atoms with Crippen molar-refractivity contribution < 1.29 is 9.53 Å². The summed E-state index contributed by atoms with van der Waals surface area (Å²) in [5.41, 5.74) is 1.99. The minimum atomic E-state index is -0.168. The number of aromatic nitrogens is 2. The predicted molar refractivity (Wildman–Crippen MR) is 70.5 cm³/mol. The minimum Gasteiger partial charge on any atom is -0.469 e. The lowest BCUT2D eigenvalue weighted by atomic mass is 10.2. The van der Waals surface area contributed by atoms with Crippen molar-refractivity contribution in [1.29, 1.82) is 0 Å². The third-order valence-corrected chi connectivity index (χ3v) is 3.32. The van der Waals surface area contributed by atoms with Crippen LogP contribution in [0.25, 0.3) is 0 Å². The van der Waals surface area contributed by atoms with Crippen molar-refractivity contribution in [3.63, 3.8) is 0 Å². The summed E-state index contributed by atoms with van der Waals surface area (Å²) in [6.45, 7) is 3.50. The summed E-state index contributed by atoms with van der Waals surface area (Å²) in [7, 11) is 5.24. The summed E-state index contributed by atoms with van der Waals surface area (Å²) < 4.78 is 6.28. The molecule has 0 fully saturated rings. The molecule has 0 amide bonds. The Morgan fingerprint density at radius 3 is 2.72 bits per heavy atom. The van der Waals surface area contributed by atoms with Gasteiger partial charge in [-0.25, -0.2) is 0 Å². The second-order valence-electron chi connectivity index (χ2n) is 4.40. The number of methoxy groups -OCH3 is 1. The molecular formula is C12H20ClN3O2. The van der Waals surface area contributed by atoms with E-state index in [0.29, 0.717) is 11.6 Å². The lowest BCUT2D eigenvalue weighted by Gasteiger charge is -2.16. The van der Waals surface area contributed by atoms with Crippen LogP contribution in [0.3, 0.4) is 0 Å². The number of aryl methyl sites for hydroxylation is 2. The average Bonchev–Trinajstić information content (AvgIpc) is 2.56. The van der Waals surface area contributed by atoms with Crippen molar-refractivity contribution in [2.45, 2.75) is 26.3 Å². The van der Waals surface area contributed by atoms with E-state index in [1.807, 2.05) is 21.0 Å². The van der Waals surface area contributed by atoms with E-state index in [1.165, 1.54) is 7.11 Å². The van der Waals surface area contributed by atoms with Gasteiger partial charge in [-0.15, -0.1) is 0 Å². The summed E-state index contributed by atoms with van der Waals surface area (Å²) in [6.07, 6.45) is 1.22. The van der Waals surface area contributed by atoms with Gasteiger partial charge in [-0.1, -0.05) is 11.6 Å². The van der Waals surface area contributed by atoms with Crippen molar-refractivity contribution in [3.8, 4) is 0 Å². The summed E-state index contributed by atoms with van der Waals surface area (Å²) >= 11 is 6.16. The fourth-order valence-electron chi connectivity index (χ4n) is 1.80. The quantitative estimate of drug-likeness (QED) is 0.741. The number of hydrogen-bond acceptors (Lipinski definition) is 4. The highest BCUT2D eigenvalue weighted by molar-refractivity contribution is 6.30. The molecule has 0 aliphatic heterocycles.